The van der Waals surface area contributed by atoms with Crippen molar-refractivity contribution < 1.29 is 21.7 Å². The predicted molar refractivity (Wildman–Crippen MR) is 63.3 cm³/mol. The fraction of sp³-hybridized carbons (Fsp3) is 0.167. The zero-order valence-electron chi connectivity index (χ0n) is 9.96. The molecular formula is C12H24Ti-6. The van der Waals surface area contributed by atoms with Crippen LogP contribution in [0.2, 0.25) is 0 Å². The first kappa shape index (κ1) is 38.1. The molecule has 0 unspecified atom stereocenters. The molecule has 1 aromatic rings. The van der Waals surface area contributed by atoms with E-state index in [-0.39, 0.29) is 51.4 Å². The van der Waals surface area contributed by atoms with Crippen LogP contribution in [0.15, 0.2) is 30.3 Å². The Morgan fingerprint density at radius 3 is 1.15 bits per heavy atom. The Morgan fingerprint density at radius 2 is 1.08 bits per heavy atom. The SMILES string of the molecule is C[CH-]C.[CH3-].[CH3-].[CH3-].[CH3-].[Ti].c1cc[cH-]c1. The molecule has 1 aromatic carbocycles. The van der Waals surface area contributed by atoms with Crippen molar-refractivity contribution in [2.75, 3.05) is 0 Å². The smallest absolute Gasteiger partial charge is 0 e. The number of hydrogen-bond donors (Lipinski definition) is 0. The summed E-state index contributed by atoms with van der Waals surface area (Å²) in [7, 11) is 0. The standard InChI is InChI=1S/C5H5.C3H7.4CH3.Ti/c1-2-4-5-3-1;1-3-2;;;;;/h1-5H;3H,1-2H3;4*1H3;/q6*-1;. The molecule has 0 fully saturated rings. The Balaban J connectivity index is -0.0000000144. The molecule has 1 heteroatoms. The van der Waals surface area contributed by atoms with Crippen LogP contribution in [0.1, 0.15) is 13.8 Å². The molecule has 0 N–H and O–H groups in total. The van der Waals surface area contributed by atoms with E-state index in [0.29, 0.717) is 0 Å². The van der Waals surface area contributed by atoms with Gasteiger partial charge in [-0.3, -0.25) is 0 Å². The Morgan fingerprint density at radius 1 is 0.846 bits per heavy atom. The van der Waals surface area contributed by atoms with Crippen LogP contribution >= 0.6 is 0 Å². The summed E-state index contributed by atoms with van der Waals surface area (Å²) in [4.78, 5) is 0. The number of rotatable bonds is 0. The van der Waals surface area contributed by atoms with Gasteiger partial charge in [0.2, 0.25) is 0 Å². The predicted octanol–water partition coefficient (Wildman–Crippen LogP) is 4.43. The Labute approximate surface area is 102 Å². The van der Waals surface area contributed by atoms with Gasteiger partial charge in [0.1, 0.15) is 0 Å². The van der Waals surface area contributed by atoms with Gasteiger partial charge in [-0.15, -0.1) is 0 Å². The van der Waals surface area contributed by atoms with E-state index in [9.17, 15) is 0 Å². The summed E-state index contributed by atoms with van der Waals surface area (Å²) in [6.07, 6.45) is 2.00. The summed E-state index contributed by atoms with van der Waals surface area (Å²) in [5.41, 5.74) is 0. The second-order valence-electron chi connectivity index (χ2n) is 1.54. The topological polar surface area (TPSA) is 0 Å². The molecule has 0 bridgehead atoms. The van der Waals surface area contributed by atoms with Crippen molar-refractivity contribution in [1.82, 2.24) is 0 Å². The molecule has 0 saturated carbocycles. The van der Waals surface area contributed by atoms with Gasteiger partial charge in [0.15, 0.2) is 0 Å². The minimum Gasteiger partial charge on any atom is -0.358 e. The van der Waals surface area contributed by atoms with Gasteiger partial charge in [-0.2, -0.15) is 32.0 Å². The van der Waals surface area contributed by atoms with Crippen molar-refractivity contribution in [1.29, 1.82) is 0 Å². The molecule has 0 radical (unpaired) electrons. The third-order valence-corrected chi connectivity index (χ3v) is 0.556. The average molecular weight is 216 g/mol. The first-order chi connectivity index (χ1) is 3.91. The van der Waals surface area contributed by atoms with E-state index in [1.54, 1.807) is 0 Å². The van der Waals surface area contributed by atoms with E-state index in [0.717, 1.165) is 0 Å². The van der Waals surface area contributed by atoms with Crippen molar-refractivity contribution in [2.45, 2.75) is 13.8 Å². The first-order valence-electron chi connectivity index (χ1n) is 2.82. The summed E-state index contributed by atoms with van der Waals surface area (Å²) in [5, 5.41) is 0. The van der Waals surface area contributed by atoms with Crippen LogP contribution in [0, 0.1) is 36.1 Å². The Hall–Kier alpha value is 0.0643. The van der Waals surface area contributed by atoms with E-state index >= 15 is 0 Å². The van der Waals surface area contributed by atoms with Crippen molar-refractivity contribution in [3.05, 3.63) is 66.5 Å². The summed E-state index contributed by atoms with van der Waals surface area (Å²) in [5.74, 6) is 0. The molecule has 0 spiro atoms. The van der Waals surface area contributed by atoms with Crippen molar-refractivity contribution in [3.63, 3.8) is 0 Å². The van der Waals surface area contributed by atoms with Crippen molar-refractivity contribution >= 4 is 0 Å². The Bertz CT molecular complexity index is 72.0. The molecule has 0 atom stereocenters. The third-order valence-electron chi connectivity index (χ3n) is 0.556. The van der Waals surface area contributed by atoms with E-state index in [4.69, 9.17) is 0 Å². The fourth-order valence-corrected chi connectivity index (χ4v) is 0.321. The molecule has 82 valence electrons. The normalized spacial score (nSPS) is 4.46. The van der Waals surface area contributed by atoms with E-state index in [2.05, 4.69) is 0 Å². The summed E-state index contributed by atoms with van der Waals surface area (Å²) >= 11 is 0. The molecule has 13 heavy (non-hydrogen) atoms. The molecule has 0 saturated heterocycles. The first-order valence-corrected chi connectivity index (χ1v) is 2.82. The monoisotopic (exact) mass is 216 g/mol. The summed E-state index contributed by atoms with van der Waals surface area (Å²) in [6.45, 7) is 4.00. The largest absolute Gasteiger partial charge is 0.358 e. The zero-order valence-corrected chi connectivity index (χ0v) is 11.5. The maximum absolute atomic E-state index is 2.00. The van der Waals surface area contributed by atoms with Crippen molar-refractivity contribution in [2.24, 2.45) is 0 Å². The Kier molecular flexibility index (Phi) is 118. The zero-order chi connectivity index (χ0) is 6.24. The van der Waals surface area contributed by atoms with Crippen LogP contribution in [0.3, 0.4) is 0 Å². The average Bonchev–Trinajstić information content (AvgIpc) is 2.17. The molecule has 0 aliphatic heterocycles. The van der Waals surface area contributed by atoms with Crippen LogP contribution < -0.4 is 0 Å². The van der Waals surface area contributed by atoms with Crippen LogP contribution in [0.5, 0.6) is 0 Å². The van der Waals surface area contributed by atoms with Gasteiger partial charge in [-0.1, -0.05) is 0 Å². The second-order valence-corrected chi connectivity index (χ2v) is 1.54. The van der Waals surface area contributed by atoms with Crippen LogP contribution in [0.25, 0.3) is 0 Å². The van der Waals surface area contributed by atoms with Gasteiger partial charge < -0.3 is 36.1 Å². The maximum atomic E-state index is 2.00. The van der Waals surface area contributed by atoms with Crippen LogP contribution in [-0.4, -0.2) is 0 Å². The minimum atomic E-state index is 0. The summed E-state index contributed by atoms with van der Waals surface area (Å²) in [6, 6.07) is 10.0. The maximum Gasteiger partial charge on any atom is 0 e. The molecule has 0 nitrogen and oxygen atoms in total. The van der Waals surface area contributed by atoms with Gasteiger partial charge >= 0.3 is 0 Å². The van der Waals surface area contributed by atoms with Gasteiger partial charge in [-0.05, 0) is 0 Å². The molecule has 0 amide bonds. The van der Waals surface area contributed by atoms with Crippen LogP contribution in [0.4, 0.5) is 0 Å². The van der Waals surface area contributed by atoms with Gasteiger partial charge in [0.05, 0.1) is 0 Å². The van der Waals surface area contributed by atoms with Gasteiger partial charge in [-0.25, -0.2) is 12.1 Å². The van der Waals surface area contributed by atoms with E-state index in [1.165, 1.54) is 0 Å². The molecule has 1 rings (SSSR count). The van der Waals surface area contributed by atoms with Gasteiger partial charge in [0, 0.05) is 21.7 Å². The fourth-order valence-electron chi connectivity index (χ4n) is 0.321. The molecular weight excluding hydrogens is 192 g/mol. The molecule has 0 aromatic heterocycles. The van der Waals surface area contributed by atoms with Gasteiger partial charge in [0.25, 0.3) is 0 Å². The van der Waals surface area contributed by atoms with E-state index < -0.39 is 0 Å². The molecule has 0 aliphatic rings. The minimum absolute atomic E-state index is 0. The number of hydrogen-bond acceptors (Lipinski definition) is 0. The van der Waals surface area contributed by atoms with E-state index in [1.807, 2.05) is 50.6 Å². The summed E-state index contributed by atoms with van der Waals surface area (Å²) < 4.78 is 0. The molecule has 0 aliphatic carbocycles. The van der Waals surface area contributed by atoms with Crippen LogP contribution in [-0.2, 0) is 21.7 Å². The van der Waals surface area contributed by atoms with Crippen molar-refractivity contribution in [3.8, 4) is 0 Å². The molecule has 0 heterocycles. The third kappa shape index (κ3) is 47.6. The quantitative estimate of drug-likeness (QED) is 0.444. The second kappa shape index (κ2) is 40.2.